The molecule has 0 radical (unpaired) electrons. The summed E-state index contributed by atoms with van der Waals surface area (Å²) in [5, 5.41) is 5.20. The van der Waals surface area contributed by atoms with E-state index in [0.29, 0.717) is 90.7 Å². The maximum absolute atomic E-state index is 14.5. The number of carbonyl (C=O) groups excluding carboxylic acids is 5. The van der Waals surface area contributed by atoms with Gasteiger partial charge in [0.15, 0.2) is 0 Å². The number of thioether (sulfide) groups is 1. The third-order valence-corrected chi connectivity index (χ3v) is 23.0. The lowest BCUT2D eigenvalue weighted by Gasteiger charge is -2.72. The molecule has 3 N–H and O–H groups in total. The van der Waals surface area contributed by atoms with Crippen LogP contribution in [-0.2, 0) is 34.2 Å². The van der Waals surface area contributed by atoms with Gasteiger partial charge in [-0.2, -0.15) is 13.2 Å². The minimum Gasteiger partial charge on any atom is -0.490 e. The van der Waals surface area contributed by atoms with Gasteiger partial charge in [0.1, 0.15) is 23.3 Å². The van der Waals surface area contributed by atoms with Crippen LogP contribution in [-0.4, -0.2) is 188 Å². The van der Waals surface area contributed by atoms with E-state index in [9.17, 15) is 62.8 Å². The number of piperidine rings is 1. The van der Waals surface area contributed by atoms with Gasteiger partial charge in [0.2, 0.25) is 18.2 Å². The van der Waals surface area contributed by atoms with Crippen LogP contribution in [0.4, 0.5) is 33.3 Å². The number of ether oxygens (including phenoxy) is 2. The van der Waals surface area contributed by atoms with Gasteiger partial charge in [0, 0.05) is 112 Å². The molecule has 6 fully saturated rings. The fourth-order valence-corrected chi connectivity index (χ4v) is 17.0. The monoisotopic (exact) mass is 1320 g/mol. The van der Waals surface area contributed by atoms with Crippen molar-refractivity contribution in [3.8, 4) is 5.75 Å². The quantitative estimate of drug-likeness (QED) is 0.0187. The number of hydrogen-bond acceptors (Lipinski definition) is 17. The molecular formula is C64H75F5N8O11S3. The van der Waals surface area contributed by atoms with Crippen molar-refractivity contribution < 1.29 is 72.2 Å². The molecule has 3 saturated carbocycles. The first kappa shape index (κ1) is 66.0. The maximum atomic E-state index is 14.5. The normalized spacial score (nSPS) is 23.6. The average molecular weight is 1320 g/mol. The SMILES string of the molecule is CC1(C)CCC(CN2CCN(c3ccc(C(=O)NS(=O)(=O)c4ccc(N[C@H](CCN5CCN(CCOCCOc6cccc7c6C(=O)N(C6CCC(=O)NC6=O)C7=O)CC5)CSc5ccccc5)c(S(=O)(=O)C(F)(F)F)c4)cc3)CC2)=C(C23CC(C(F)F)(C2)C3)C1. The number of halogens is 5. The summed E-state index contributed by atoms with van der Waals surface area (Å²) >= 11 is 1.41. The molecule has 91 heavy (non-hydrogen) atoms. The summed E-state index contributed by atoms with van der Waals surface area (Å²) < 4.78 is 139. The fourth-order valence-electron chi connectivity index (χ4n) is 13.9. The van der Waals surface area contributed by atoms with E-state index in [1.165, 1.54) is 41.1 Å². The summed E-state index contributed by atoms with van der Waals surface area (Å²) in [7, 11) is -11.1. The molecule has 8 aliphatic rings. The van der Waals surface area contributed by atoms with Crippen molar-refractivity contribution in [1.82, 2.24) is 29.6 Å². The highest BCUT2D eigenvalue weighted by Crippen LogP contribution is 2.79. The summed E-state index contributed by atoms with van der Waals surface area (Å²) in [5.74, 6) is -3.13. The van der Waals surface area contributed by atoms with Crippen molar-refractivity contribution in [3.05, 3.63) is 119 Å². The number of amides is 5. The van der Waals surface area contributed by atoms with Gasteiger partial charge in [-0.1, -0.05) is 49.3 Å². The molecule has 2 atom stereocenters. The Balaban J connectivity index is 0.667. The second-order valence-corrected chi connectivity index (χ2v) is 30.5. The molecule has 0 aromatic heterocycles. The number of carbonyl (C=O) groups is 5. The number of imide groups is 2. The van der Waals surface area contributed by atoms with Crippen LogP contribution in [0.5, 0.6) is 5.75 Å². The van der Waals surface area contributed by atoms with Crippen LogP contribution in [0.1, 0.15) is 103 Å². The van der Waals surface area contributed by atoms with Crippen LogP contribution in [0.2, 0.25) is 0 Å². The summed E-state index contributed by atoms with van der Waals surface area (Å²) in [4.78, 5) is 72.8. The summed E-state index contributed by atoms with van der Waals surface area (Å²) in [6.07, 6.45) is 2.80. The molecular weight excluding hydrogens is 1250 g/mol. The van der Waals surface area contributed by atoms with Gasteiger partial charge >= 0.3 is 5.51 Å². The van der Waals surface area contributed by atoms with E-state index in [-0.39, 0.29) is 65.1 Å². The Morgan fingerprint density at radius 2 is 1.46 bits per heavy atom. The van der Waals surface area contributed by atoms with E-state index in [1.54, 1.807) is 24.3 Å². The number of alkyl halides is 5. The topological polar surface area (TPSA) is 224 Å². The lowest BCUT2D eigenvalue weighted by atomic mass is 9.32. The molecule has 5 amide bonds. The van der Waals surface area contributed by atoms with Crippen LogP contribution >= 0.6 is 11.8 Å². The smallest absolute Gasteiger partial charge is 0.490 e. The Morgan fingerprint density at radius 3 is 2.13 bits per heavy atom. The van der Waals surface area contributed by atoms with Crippen molar-refractivity contribution in [1.29, 1.82) is 0 Å². The number of nitrogens with one attached hydrogen (secondary N) is 3. The second kappa shape index (κ2) is 26.5. The Bertz CT molecular complexity index is 3670. The third kappa shape index (κ3) is 14.2. The van der Waals surface area contributed by atoms with E-state index in [0.717, 1.165) is 66.5 Å². The minimum absolute atomic E-state index is 0.00472. The van der Waals surface area contributed by atoms with Gasteiger partial charge in [-0.15, -0.1) is 11.8 Å². The number of nitrogens with zero attached hydrogens (tertiary/aromatic N) is 5. The molecule has 4 aromatic carbocycles. The highest BCUT2D eigenvalue weighted by Gasteiger charge is 2.73. The van der Waals surface area contributed by atoms with Crippen molar-refractivity contribution in [2.75, 3.05) is 108 Å². The molecule has 4 aliphatic carbocycles. The summed E-state index contributed by atoms with van der Waals surface area (Å²) in [6.45, 7) is 12.4. The zero-order valence-electron chi connectivity index (χ0n) is 50.7. The van der Waals surface area contributed by atoms with Gasteiger partial charge < -0.3 is 24.6 Å². The molecule has 4 aliphatic heterocycles. The first-order chi connectivity index (χ1) is 43.2. The summed E-state index contributed by atoms with van der Waals surface area (Å²) in [6, 6.07) is 20.7. The van der Waals surface area contributed by atoms with Gasteiger partial charge in [-0.3, -0.25) is 44.0 Å². The van der Waals surface area contributed by atoms with Crippen molar-refractivity contribution in [3.63, 3.8) is 0 Å². The van der Waals surface area contributed by atoms with Crippen LogP contribution < -0.4 is 25.0 Å². The molecule has 27 heteroatoms. The predicted octanol–water partition coefficient (Wildman–Crippen LogP) is 8.24. The van der Waals surface area contributed by atoms with E-state index < -0.39 is 94.3 Å². The number of anilines is 2. The molecule has 2 bridgehead atoms. The Kier molecular flexibility index (Phi) is 19.2. The lowest BCUT2D eigenvalue weighted by molar-refractivity contribution is -0.250. The predicted molar refractivity (Wildman–Crippen MR) is 330 cm³/mol. The van der Waals surface area contributed by atoms with Gasteiger partial charge in [-0.25, -0.2) is 30.3 Å². The highest BCUT2D eigenvalue weighted by molar-refractivity contribution is 7.99. The van der Waals surface area contributed by atoms with Crippen LogP contribution in [0, 0.1) is 16.2 Å². The van der Waals surface area contributed by atoms with Gasteiger partial charge in [0.05, 0.1) is 34.9 Å². The molecule has 4 heterocycles. The number of allylic oxidation sites excluding steroid dienone is 1. The highest BCUT2D eigenvalue weighted by atomic mass is 32.2. The zero-order valence-corrected chi connectivity index (χ0v) is 53.2. The lowest BCUT2D eigenvalue weighted by Crippen LogP contribution is -2.66. The van der Waals surface area contributed by atoms with Crippen molar-refractivity contribution >= 4 is 72.5 Å². The molecule has 4 aromatic rings. The molecule has 12 rings (SSSR count). The number of benzene rings is 4. The van der Waals surface area contributed by atoms with Gasteiger partial charge in [-0.05, 0) is 129 Å². The number of rotatable bonds is 25. The first-order valence-electron chi connectivity index (χ1n) is 30.8. The van der Waals surface area contributed by atoms with Gasteiger partial charge in [0.25, 0.3) is 37.6 Å². The van der Waals surface area contributed by atoms with Crippen LogP contribution in [0.15, 0.2) is 117 Å². The Morgan fingerprint density at radius 1 is 0.780 bits per heavy atom. The maximum Gasteiger partial charge on any atom is 0.501 e. The third-order valence-electron chi connectivity index (χ3n) is 19.0. The summed E-state index contributed by atoms with van der Waals surface area (Å²) in [5.41, 5.74) is -3.34. The van der Waals surface area contributed by atoms with E-state index in [2.05, 4.69) is 44.1 Å². The number of fused-ring (bicyclic) bond motifs is 1. The largest absolute Gasteiger partial charge is 0.501 e. The van der Waals surface area contributed by atoms with Crippen molar-refractivity contribution in [2.24, 2.45) is 16.2 Å². The van der Waals surface area contributed by atoms with E-state index in [1.807, 2.05) is 35.1 Å². The molecule has 490 valence electrons. The number of hydrogen-bond donors (Lipinski definition) is 3. The molecule has 19 nitrogen and oxygen atoms in total. The average Bonchev–Trinajstić information content (AvgIpc) is 1.16. The number of sulfone groups is 1. The fraction of sp³-hybridized carbons (Fsp3) is 0.516. The number of sulfonamides is 1. The second-order valence-electron chi connectivity index (χ2n) is 25.8. The Labute approximate surface area is 530 Å². The van der Waals surface area contributed by atoms with E-state index >= 15 is 0 Å². The molecule has 1 unspecified atom stereocenters. The minimum atomic E-state index is -6.16. The molecule has 3 saturated heterocycles. The Hall–Kier alpha value is -6.49. The van der Waals surface area contributed by atoms with Crippen LogP contribution in [0.3, 0.4) is 0 Å². The first-order valence-corrected chi connectivity index (χ1v) is 34.7. The van der Waals surface area contributed by atoms with Crippen molar-refractivity contribution in [2.45, 2.75) is 110 Å². The zero-order chi connectivity index (χ0) is 64.7. The number of piperazine rings is 2. The standard InChI is InChI=1S/C64H75F5N8O11S3/c1-61(2)21-19-43(49(36-61)62-39-63(40-62,41-62)60(65)66)37-75-27-29-76(30-28-75)45-13-11-42(12-14-45)56(79)72-91(85,86)47-15-16-50(53(35-47)90(83,84)64(67,68)69)70-44(38-89-46-7-4-3-5-8-46)20-22-73-23-25-74(26-24-73)31-32-87-33-34-88-52-10-6-9-48-55(52)59(82)77(58(48)81)51-17-18-54(78)71-57(51)80/h3-16,35,44,51,60,70H,17-34,36-41H2,1-2H3,(H,72,79)(H,71,78,80)/t44-,51?,62?,63?/m1/s1. The molecule has 0 spiro atoms. The van der Waals surface area contributed by atoms with E-state index in [4.69, 9.17) is 9.47 Å². The van der Waals surface area contributed by atoms with Crippen LogP contribution in [0.25, 0.3) is 0 Å².